The highest BCUT2D eigenvalue weighted by Crippen LogP contribution is 2.20. The lowest BCUT2D eigenvalue weighted by Gasteiger charge is -2.07. The number of rotatable bonds is 2. The zero-order valence-electron chi connectivity index (χ0n) is 10.2. The average molecular weight is 308 g/mol. The van der Waals surface area contributed by atoms with E-state index >= 15 is 0 Å². The van der Waals surface area contributed by atoms with Crippen LogP contribution in [0.25, 0.3) is 0 Å². The van der Waals surface area contributed by atoms with Crippen molar-refractivity contribution < 1.29 is 4.79 Å². The minimum Gasteiger partial charge on any atom is -0.397 e. The molecule has 0 aliphatic rings. The van der Waals surface area contributed by atoms with Crippen molar-refractivity contribution in [3.63, 3.8) is 0 Å². The minimum atomic E-state index is -0.170. The zero-order valence-corrected chi connectivity index (χ0v) is 11.8. The van der Waals surface area contributed by atoms with Crippen LogP contribution in [0.2, 0.25) is 0 Å². The summed E-state index contributed by atoms with van der Waals surface area (Å²) in [5, 5.41) is 2.84. The second-order valence-corrected chi connectivity index (χ2v) is 5.04. The van der Waals surface area contributed by atoms with Gasteiger partial charge in [-0.15, -0.1) is 0 Å². The highest BCUT2D eigenvalue weighted by Gasteiger charge is 2.11. The number of carbonyl (C=O) groups excluding carboxylic acids is 1. The molecule has 1 aromatic carbocycles. The molecular formula is C13H14BrN3O. The number of halogens is 1. The monoisotopic (exact) mass is 307 g/mol. The SMILES string of the molecule is Cc1cc(NC(=O)c2cc(N)cn2C)ccc1Br. The van der Waals surface area contributed by atoms with Gasteiger partial charge in [0.15, 0.2) is 0 Å². The lowest BCUT2D eigenvalue weighted by molar-refractivity contribution is 0.101. The maximum absolute atomic E-state index is 12.0. The largest absolute Gasteiger partial charge is 0.397 e. The van der Waals surface area contributed by atoms with Crippen molar-refractivity contribution in [3.8, 4) is 0 Å². The number of aryl methyl sites for hydroxylation is 2. The summed E-state index contributed by atoms with van der Waals surface area (Å²) < 4.78 is 2.72. The molecule has 2 rings (SSSR count). The number of benzene rings is 1. The van der Waals surface area contributed by atoms with Gasteiger partial charge in [-0.2, -0.15) is 0 Å². The van der Waals surface area contributed by atoms with Crippen LogP contribution in [0.3, 0.4) is 0 Å². The molecule has 94 valence electrons. The van der Waals surface area contributed by atoms with E-state index in [1.54, 1.807) is 23.9 Å². The van der Waals surface area contributed by atoms with Gasteiger partial charge in [0, 0.05) is 23.4 Å². The van der Waals surface area contributed by atoms with Crippen LogP contribution in [-0.2, 0) is 7.05 Å². The summed E-state index contributed by atoms with van der Waals surface area (Å²) in [4.78, 5) is 12.0. The number of nitrogens with two attached hydrogens (primary N) is 1. The van der Waals surface area contributed by atoms with Crippen molar-refractivity contribution >= 4 is 33.2 Å². The highest BCUT2D eigenvalue weighted by molar-refractivity contribution is 9.10. The van der Waals surface area contributed by atoms with Gasteiger partial charge in [0.1, 0.15) is 5.69 Å². The molecule has 0 radical (unpaired) electrons. The molecule has 0 saturated heterocycles. The van der Waals surface area contributed by atoms with Crippen molar-refractivity contribution in [1.29, 1.82) is 0 Å². The van der Waals surface area contributed by atoms with E-state index in [0.29, 0.717) is 11.4 Å². The molecule has 5 heteroatoms. The first kappa shape index (κ1) is 12.7. The third-order valence-corrected chi connectivity index (χ3v) is 3.56. The number of hydrogen-bond donors (Lipinski definition) is 2. The van der Waals surface area contributed by atoms with E-state index < -0.39 is 0 Å². The van der Waals surface area contributed by atoms with Gasteiger partial charge in [-0.05, 0) is 36.8 Å². The Hall–Kier alpha value is -1.75. The lowest BCUT2D eigenvalue weighted by atomic mass is 10.2. The van der Waals surface area contributed by atoms with Gasteiger partial charge in [0.2, 0.25) is 0 Å². The summed E-state index contributed by atoms with van der Waals surface area (Å²) in [6.07, 6.45) is 1.71. The molecule has 0 aliphatic carbocycles. The first-order valence-electron chi connectivity index (χ1n) is 5.46. The Morgan fingerprint density at radius 3 is 2.67 bits per heavy atom. The average Bonchev–Trinajstić information content (AvgIpc) is 2.63. The topological polar surface area (TPSA) is 60.1 Å². The van der Waals surface area contributed by atoms with Crippen LogP contribution in [0.5, 0.6) is 0 Å². The van der Waals surface area contributed by atoms with E-state index in [1.807, 2.05) is 25.1 Å². The van der Waals surface area contributed by atoms with Gasteiger partial charge in [-0.25, -0.2) is 0 Å². The van der Waals surface area contributed by atoms with Gasteiger partial charge < -0.3 is 15.6 Å². The van der Waals surface area contributed by atoms with Gasteiger partial charge in [-0.1, -0.05) is 15.9 Å². The van der Waals surface area contributed by atoms with E-state index in [9.17, 15) is 4.79 Å². The Morgan fingerprint density at radius 2 is 2.11 bits per heavy atom. The van der Waals surface area contributed by atoms with Crippen LogP contribution in [-0.4, -0.2) is 10.5 Å². The number of aromatic nitrogens is 1. The van der Waals surface area contributed by atoms with Gasteiger partial charge in [0.05, 0.1) is 5.69 Å². The van der Waals surface area contributed by atoms with Crippen molar-refractivity contribution in [2.24, 2.45) is 7.05 Å². The number of anilines is 2. The zero-order chi connectivity index (χ0) is 13.3. The van der Waals surface area contributed by atoms with Gasteiger partial charge in [-0.3, -0.25) is 4.79 Å². The number of carbonyl (C=O) groups is 1. The summed E-state index contributed by atoms with van der Waals surface area (Å²) in [6, 6.07) is 7.32. The third kappa shape index (κ3) is 2.56. The third-order valence-electron chi connectivity index (χ3n) is 2.67. The maximum Gasteiger partial charge on any atom is 0.272 e. The molecule has 1 heterocycles. The molecule has 0 bridgehead atoms. The molecule has 2 aromatic rings. The van der Waals surface area contributed by atoms with Crippen molar-refractivity contribution in [2.75, 3.05) is 11.1 Å². The first-order chi connectivity index (χ1) is 8.47. The molecule has 0 spiro atoms. The summed E-state index contributed by atoms with van der Waals surface area (Å²) in [6.45, 7) is 1.97. The van der Waals surface area contributed by atoms with E-state index in [1.165, 1.54) is 0 Å². The number of hydrogen-bond acceptors (Lipinski definition) is 2. The predicted octanol–water partition coefficient (Wildman–Crippen LogP) is 2.93. The Labute approximate surface area is 114 Å². The van der Waals surface area contributed by atoms with Crippen molar-refractivity contribution in [1.82, 2.24) is 4.57 Å². The number of nitrogens with one attached hydrogen (secondary N) is 1. The Balaban J connectivity index is 2.21. The molecule has 0 fully saturated rings. The fourth-order valence-electron chi connectivity index (χ4n) is 1.73. The summed E-state index contributed by atoms with van der Waals surface area (Å²) in [5.41, 5.74) is 8.59. The molecule has 0 unspecified atom stereocenters. The van der Waals surface area contributed by atoms with E-state index in [0.717, 1.165) is 15.7 Å². The lowest BCUT2D eigenvalue weighted by Crippen LogP contribution is -2.15. The maximum atomic E-state index is 12.0. The molecule has 0 saturated carbocycles. The summed E-state index contributed by atoms with van der Waals surface area (Å²) in [7, 11) is 1.79. The summed E-state index contributed by atoms with van der Waals surface area (Å²) >= 11 is 3.42. The number of nitrogens with zero attached hydrogens (tertiary/aromatic N) is 1. The highest BCUT2D eigenvalue weighted by atomic mass is 79.9. The normalized spacial score (nSPS) is 10.4. The quantitative estimate of drug-likeness (QED) is 0.896. The molecule has 0 atom stereocenters. The van der Waals surface area contributed by atoms with E-state index in [2.05, 4.69) is 21.2 Å². The van der Waals surface area contributed by atoms with Crippen LogP contribution < -0.4 is 11.1 Å². The Kier molecular flexibility index (Phi) is 3.43. The van der Waals surface area contributed by atoms with Crippen LogP contribution in [0.1, 0.15) is 16.1 Å². The Bertz CT molecular complexity index is 604. The van der Waals surface area contributed by atoms with Gasteiger partial charge in [0.25, 0.3) is 5.91 Å². The summed E-state index contributed by atoms with van der Waals surface area (Å²) in [5.74, 6) is -0.170. The van der Waals surface area contributed by atoms with Crippen LogP contribution >= 0.6 is 15.9 Å². The van der Waals surface area contributed by atoms with E-state index in [4.69, 9.17) is 5.73 Å². The Morgan fingerprint density at radius 1 is 1.39 bits per heavy atom. The van der Waals surface area contributed by atoms with Crippen LogP contribution in [0, 0.1) is 6.92 Å². The number of nitrogen functional groups attached to an aromatic ring is 1. The molecule has 3 N–H and O–H groups in total. The van der Waals surface area contributed by atoms with Crippen LogP contribution in [0.15, 0.2) is 34.9 Å². The second-order valence-electron chi connectivity index (χ2n) is 4.19. The minimum absolute atomic E-state index is 0.170. The van der Waals surface area contributed by atoms with Crippen LogP contribution in [0.4, 0.5) is 11.4 Å². The van der Waals surface area contributed by atoms with Crippen molar-refractivity contribution in [3.05, 3.63) is 46.2 Å². The molecule has 1 aromatic heterocycles. The van der Waals surface area contributed by atoms with Gasteiger partial charge >= 0.3 is 0 Å². The smallest absolute Gasteiger partial charge is 0.272 e. The van der Waals surface area contributed by atoms with Crippen molar-refractivity contribution in [2.45, 2.75) is 6.92 Å². The molecular weight excluding hydrogens is 294 g/mol. The second kappa shape index (κ2) is 4.86. The molecule has 18 heavy (non-hydrogen) atoms. The molecule has 1 amide bonds. The fourth-order valence-corrected chi connectivity index (χ4v) is 1.98. The van der Waals surface area contributed by atoms with E-state index in [-0.39, 0.29) is 5.91 Å². The molecule has 0 aliphatic heterocycles. The fraction of sp³-hybridized carbons (Fsp3) is 0.154. The number of amides is 1. The first-order valence-corrected chi connectivity index (χ1v) is 6.26. The molecule has 4 nitrogen and oxygen atoms in total. The standard InChI is InChI=1S/C13H14BrN3O/c1-8-5-10(3-4-11(8)14)16-13(18)12-6-9(15)7-17(12)2/h3-7H,15H2,1-2H3,(H,16,18). The predicted molar refractivity (Wildman–Crippen MR) is 76.7 cm³/mol.